The van der Waals surface area contributed by atoms with Crippen LogP contribution in [-0.2, 0) is 11.3 Å². The van der Waals surface area contributed by atoms with Crippen LogP contribution in [0.2, 0.25) is 0 Å². The third-order valence-corrected chi connectivity index (χ3v) is 3.82. The van der Waals surface area contributed by atoms with E-state index in [2.05, 4.69) is 21.2 Å². The van der Waals surface area contributed by atoms with E-state index in [0.29, 0.717) is 30.4 Å². The van der Waals surface area contributed by atoms with Crippen molar-refractivity contribution in [3.63, 3.8) is 0 Å². The van der Waals surface area contributed by atoms with Crippen LogP contribution in [0.15, 0.2) is 16.6 Å². The van der Waals surface area contributed by atoms with Crippen LogP contribution in [-0.4, -0.2) is 23.9 Å². The smallest absolute Gasteiger partial charge is 0.320 e. The molecule has 0 spiro atoms. The molecule has 0 saturated heterocycles. The van der Waals surface area contributed by atoms with Crippen molar-refractivity contribution in [3.05, 3.63) is 22.2 Å². The number of benzene rings is 1. The highest BCUT2D eigenvalue weighted by Crippen LogP contribution is 2.36. The minimum Gasteiger partial charge on any atom is -0.480 e. The predicted octanol–water partition coefficient (Wildman–Crippen LogP) is 2.77. The van der Waals surface area contributed by atoms with Crippen LogP contribution in [0.3, 0.4) is 0 Å². The number of rotatable bonds is 6. The Kier molecular flexibility index (Phi) is 4.88. The van der Waals surface area contributed by atoms with Gasteiger partial charge in [-0.25, -0.2) is 0 Å². The first-order chi connectivity index (χ1) is 9.47. The third-order valence-electron chi connectivity index (χ3n) is 3.09. The highest BCUT2D eigenvalue weighted by Gasteiger charge is 2.20. The number of ether oxygens (including phenoxy) is 2. The fourth-order valence-corrected chi connectivity index (χ4v) is 2.53. The maximum absolute atomic E-state index is 11.2. The van der Waals surface area contributed by atoms with Gasteiger partial charge in [0, 0.05) is 11.0 Å². The molecule has 20 heavy (non-hydrogen) atoms. The lowest BCUT2D eigenvalue weighted by molar-refractivity contribution is -0.140. The average Bonchev–Trinajstić information content (AvgIpc) is 2.80. The van der Waals surface area contributed by atoms with E-state index in [-0.39, 0.29) is 6.79 Å². The molecule has 0 aliphatic carbocycles. The Bertz CT molecular complexity index is 504. The summed E-state index contributed by atoms with van der Waals surface area (Å²) in [5.74, 6) is 0.901. The summed E-state index contributed by atoms with van der Waals surface area (Å²) in [7, 11) is 0. The molecule has 1 heterocycles. The number of carboxylic acid groups (broad SMARTS) is 1. The Labute approximate surface area is 126 Å². The Morgan fingerprint density at radius 1 is 1.40 bits per heavy atom. The van der Waals surface area contributed by atoms with E-state index in [1.807, 2.05) is 26.0 Å². The quantitative estimate of drug-likeness (QED) is 0.831. The van der Waals surface area contributed by atoms with Gasteiger partial charge in [0.1, 0.15) is 6.04 Å². The second kappa shape index (κ2) is 6.45. The van der Waals surface area contributed by atoms with Crippen LogP contribution in [0, 0.1) is 5.92 Å². The second-order valence-electron chi connectivity index (χ2n) is 5.20. The summed E-state index contributed by atoms with van der Waals surface area (Å²) in [6.45, 7) is 4.70. The molecule has 0 aromatic heterocycles. The van der Waals surface area contributed by atoms with Gasteiger partial charge in [-0.2, -0.15) is 0 Å². The molecule has 0 saturated carbocycles. The molecule has 5 nitrogen and oxygen atoms in total. The lowest BCUT2D eigenvalue weighted by atomic mass is 10.0. The van der Waals surface area contributed by atoms with Gasteiger partial charge >= 0.3 is 5.97 Å². The molecule has 1 aromatic carbocycles. The monoisotopic (exact) mass is 343 g/mol. The van der Waals surface area contributed by atoms with Crippen molar-refractivity contribution in [2.45, 2.75) is 32.9 Å². The largest absolute Gasteiger partial charge is 0.480 e. The van der Waals surface area contributed by atoms with Crippen molar-refractivity contribution < 1.29 is 19.4 Å². The van der Waals surface area contributed by atoms with Gasteiger partial charge in [0.15, 0.2) is 11.5 Å². The first-order valence-corrected chi connectivity index (χ1v) is 7.31. The topological polar surface area (TPSA) is 67.8 Å². The zero-order valence-corrected chi connectivity index (χ0v) is 13.1. The molecule has 6 heteroatoms. The summed E-state index contributed by atoms with van der Waals surface area (Å²) in [6.07, 6.45) is 0.595. The minimum absolute atomic E-state index is 0.226. The normalized spacial score (nSPS) is 14.6. The summed E-state index contributed by atoms with van der Waals surface area (Å²) in [4.78, 5) is 11.2. The SMILES string of the molecule is CC(C)C[C@H](NCc1cc2c(cc1Br)OCO2)C(=O)O. The van der Waals surface area contributed by atoms with E-state index in [4.69, 9.17) is 9.47 Å². The molecule has 1 atom stereocenters. The Morgan fingerprint density at radius 2 is 2.05 bits per heavy atom. The number of halogens is 1. The summed E-state index contributed by atoms with van der Waals surface area (Å²) < 4.78 is 11.5. The van der Waals surface area contributed by atoms with E-state index in [9.17, 15) is 9.90 Å². The number of fused-ring (bicyclic) bond motifs is 1. The van der Waals surface area contributed by atoms with Gasteiger partial charge in [0.2, 0.25) is 6.79 Å². The molecule has 0 amide bonds. The van der Waals surface area contributed by atoms with Crippen LogP contribution in [0.4, 0.5) is 0 Å². The molecular formula is C14H18BrNO4. The highest BCUT2D eigenvalue weighted by atomic mass is 79.9. The fourth-order valence-electron chi connectivity index (χ4n) is 2.07. The van der Waals surface area contributed by atoms with Crippen LogP contribution in [0.25, 0.3) is 0 Å². The highest BCUT2D eigenvalue weighted by molar-refractivity contribution is 9.10. The summed E-state index contributed by atoms with van der Waals surface area (Å²) in [5, 5.41) is 12.3. The van der Waals surface area contributed by atoms with Crippen LogP contribution in [0.1, 0.15) is 25.8 Å². The van der Waals surface area contributed by atoms with Gasteiger partial charge in [-0.1, -0.05) is 29.8 Å². The van der Waals surface area contributed by atoms with Gasteiger partial charge in [-0.3, -0.25) is 4.79 Å². The second-order valence-corrected chi connectivity index (χ2v) is 6.05. The van der Waals surface area contributed by atoms with Gasteiger partial charge in [-0.05, 0) is 30.0 Å². The van der Waals surface area contributed by atoms with Crippen molar-refractivity contribution in [3.8, 4) is 11.5 Å². The lowest BCUT2D eigenvalue weighted by Gasteiger charge is -2.17. The van der Waals surface area contributed by atoms with Gasteiger partial charge in [-0.15, -0.1) is 0 Å². The number of hydrogen-bond donors (Lipinski definition) is 2. The van der Waals surface area contributed by atoms with Crippen LogP contribution >= 0.6 is 15.9 Å². The molecule has 0 radical (unpaired) electrons. The Balaban J connectivity index is 2.04. The Morgan fingerprint density at radius 3 is 2.65 bits per heavy atom. The van der Waals surface area contributed by atoms with Crippen molar-refractivity contribution in [2.24, 2.45) is 5.92 Å². The molecule has 1 aliphatic heterocycles. The first-order valence-electron chi connectivity index (χ1n) is 6.51. The Hall–Kier alpha value is -1.27. The van der Waals surface area contributed by atoms with Crippen LogP contribution in [0.5, 0.6) is 11.5 Å². The van der Waals surface area contributed by atoms with E-state index in [1.165, 1.54) is 0 Å². The van der Waals surface area contributed by atoms with Crippen molar-refractivity contribution >= 4 is 21.9 Å². The fraction of sp³-hybridized carbons (Fsp3) is 0.500. The third kappa shape index (κ3) is 3.64. The molecule has 2 N–H and O–H groups in total. The summed E-state index contributed by atoms with van der Waals surface area (Å²) in [6, 6.07) is 3.16. The molecule has 0 bridgehead atoms. The van der Waals surface area contributed by atoms with Crippen LogP contribution < -0.4 is 14.8 Å². The maximum atomic E-state index is 11.2. The van der Waals surface area contributed by atoms with Gasteiger partial charge in [0.25, 0.3) is 0 Å². The lowest BCUT2D eigenvalue weighted by Crippen LogP contribution is -2.37. The summed E-state index contributed by atoms with van der Waals surface area (Å²) in [5.41, 5.74) is 0.948. The van der Waals surface area contributed by atoms with E-state index in [1.54, 1.807) is 0 Å². The number of carbonyl (C=O) groups is 1. The van der Waals surface area contributed by atoms with Crippen molar-refractivity contribution in [1.82, 2.24) is 5.32 Å². The summed E-state index contributed by atoms with van der Waals surface area (Å²) >= 11 is 3.46. The maximum Gasteiger partial charge on any atom is 0.320 e. The molecule has 1 aliphatic rings. The van der Waals surface area contributed by atoms with E-state index < -0.39 is 12.0 Å². The minimum atomic E-state index is -0.824. The van der Waals surface area contributed by atoms with Crippen molar-refractivity contribution in [1.29, 1.82) is 0 Å². The van der Waals surface area contributed by atoms with E-state index >= 15 is 0 Å². The molecule has 110 valence electrons. The molecule has 0 fully saturated rings. The van der Waals surface area contributed by atoms with Gasteiger partial charge in [0.05, 0.1) is 0 Å². The number of carboxylic acids is 1. The number of hydrogen-bond acceptors (Lipinski definition) is 4. The molecule has 1 aromatic rings. The van der Waals surface area contributed by atoms with E-state index in [0.717, 1.165) is 10.0 Å². The molecule has 0 unspecified atom stereocenters. The average molecular weight is 344 g/mol. The zero-order chi connectivity index (χ0) is 14.7. The van der Waals surface area contributed by atoms with Crippen molar-refractivity contribution in [2.75, 3.05) is 6.79 Å². The predicted molar refractivity (Wildman–Crippen MR) is 78.0 cm³/mol. The zero-order valence-electron chi connectivity index (χ0n) is 11.5. The standard InChI is InChI=1S/C14H18BrNO4/c1-8(2)3-11(14(17)18)16-6-9-4-12-13(5-10(9)15)20-7-19-12/h4-5,8,11,16H,3,6-7H2,1-2H3,(H,17,18)/t11-/m0/s1. The molecule has 2 rings (SSSR count). The first kappa shape index (κ1) is 15.1. The number of aliphatic carboxylic acids is 1. The van der Waals surface area contributed by atoms with Gasteiger partial charge < -0.3 is 19.9 Å². The molecular weight excluding hydrogens is 326 g/mol. The number of nitrogens with one attached hydrogen (secondary N) is 1.